The van der Waals surface area contributed by atoms with Gasteiger partial charge in [0.1, 0.15) is 0 Å². The van der Waals surface area contributed by atoms with Crippen LogP contribution in [0.2, 0.25) is 0 Å². The van der Waals surface area contributed by atoms with Crippen LogP contribution in [0.3, 0.4) is 0 Å². The Balaban J connectivity index is 1.92. The third-order valence-corrected chi connectivity index (χ3v) is 6.43. The van der Waals surface area contributed by atoms with Gasteiger partial charge in [-0.1, -0.05) is 6.92 Å². The van der Waals surface area contributed by atoms with Crippen molar-refractivity contribution >= 4 is 23.5 Å². The number of rotatable bonds is 3. The number of nitrogens with two attached hydrogens (primary N) is 1. The molecule has 1 nitrogen and oxygen atoms in total. The molecule has 2 aliphatic rings. The van der Waals surface area contributed by atoms with E-state index < -0.39 is 0 Å². The highest BCUT2D eigenvalue weighted by Crippen LogP contribution is 2.42. The minimum absolute atomic E-state index is 0.489. The van der Waals surface area contributed by atoms with Gasteiger partial charge < -0.3 is 5.73 Å². The van der Waals surface area contributed by atoms with Gasteiger partial charge in [-0.25, -0.2) is 0 Å². The summed E-state index contributed by atoms with van der Waals surface area (Å²) in [5, 5.41) is 1.57. The molecule has 0 bridgehead atoms. The molecule has 0 spiro atoms. The third-order valence-electron chi connectivity index (χ3n) is 3.04. The SMILES string of the molecule is CCC1SCCSC1C(N)C1CC1. The molecular formula is C10H19NS2. The Morgan fingerprint density at radius 2 is 2.00 bits per heavy atom. The van der Waals surface area contributed by atoms with E-state index in [0.717, 1.165) is 16.4 Å². The zero-order valence-electron chi connectivity index (χ0n) is 8.24. The molecule has 1 saturated carbocycles. The molecule has 1 aliphatic heterocycles. The van der Waals surface area contributed by atoms with Crippen molar-refractivity contribution in [1.82, 2.24) is 0 Å². The fraction of sp³-hybridized carbons (Fsp3) is 1.00. The first-order chi connectivity index (χ1) is 6.33. The molecule has 1 aliphatic carbocycles. The monoisotopic (exact) mass is 217 g/mol. The smallest absolute Gasteiger partial charge is 0.0320 e. The van der Waals surface area contributed by atoms with Crippen LogP contribution >= 0.6 is 23.5 Å². The third kappa shape index (κ3) is 2.37. The van der Waals surface area contributed by atoms with Gasteiger partial charge in [-0.15, -0.1) is 0 Å². The van der Waals surface area contributed by atoms with E-state index in [0.29, 0.717) is 6.04 Å². The van der Waals surface area contributed by atoms with Gasteiger partial charge in [-0.2, -0.15) is 23.5 Å². The Labute approximate surface area is 89.6 Å². The van der Waals surface area contributed by atoms with Crippen molar-refractivity contribution in [3.8, 4) is 0 Å². The maximum atomic E-state index is 6.29. The standard InChI is InChI=1S/C10H19NS2/c1-2-8-10(13-6-5-12-8)9(11)7-3-4-7/h7-10H,2-6,11H2,1H3. The highest BCUT2D eigenvalue weighted by Gasteiger charge is 2.38. The second-order valence-electron chi connectivity index (χ2n) is 4.07. The van der Waals surface area contributed by atoms with Gasteiger partial charge in [0, 0.05) is 28.0 Å². The lowest BCUT2D eigenvalue weighted by Crippen LogP contribution is -2.43. The van der Waals surface area contributed by atoms with Crippen LogP contribution in [0, 0.1) is 5.92 Å². The Morgan fingerprint density at radius 3 is 2.62 bits per heavy atom. The van der Waals surface area contributed by atoms with Crippen LogP contribution in [-0.2, 0) is 0 Å². The van der Waals surface area contributed by atoms with Gasteiger partial charge >= 0.3 is 0 Å². The van der Waals surface area contributed by atoms with Crippen molar-refractivity contribution in [2.45, 2.75) is 42.7 Å². The lowest BCUT2D eigenvalue weighted by Gasteiger charge is -2.34. The molecule has 0 aromatic heterocycles. The summed E-state index contributed by atoms with van der Waals surface area (Å²) in [4.78, 5) is 0. The van der Waals surface area contributed by atoms with E-state index >= 15 is 0 Å². The van der Waals surface area contributed by atoms with E-state index in [9.17, 15) is 0 Å². The zero-order chi connectivity index (χ0) is 9.26. The predicted molar refractivity (Wildman–Crippen MR) is 63.5 cm³/mol. The summed E-state index contributed by atoms with van der Waals surface area (Å²) >= 11 is 4.27. The first-order valence-electron chi connectivity index (χ1n) is 5.31. The molecule has 0 aromatic rings. The van der Waals surface area contributed by atoms with Crippen LogP contribution < -0.4 is 5.73 Å². The van der Waals surface area contributed by atoms with E-state index in [1.807, 2.05) is 0 Å². The summed E-state index contributed by atoms with van der Waals surface area (Å²) in [6.07, 6.45) is 4.07. The summed E-state index contributed by atoms with van der Waals surface area (Å²) in [5.74, 6) is 3.51. The van der Waals surface area contributed by atoms with E-state index in [-0.39, 0.29) is 0 Å². The molecule has 3 unspecified atom stereocenters. The maximum absolute atomic E-state index is 6.29. The van der Waals surface area contributed by atoms with Crippen molar-refractivity contribution in [1.29, 1.82) is 0 Å². The van der Waals surface area contributed by atoms with Gasteiger partial charge in [0.05, 0.1) is 0 Å². The second kappa shape index (κ2) is 4.45. The summed E-state index contributed by atoms with van der Waals surface area (Å²) in [6, 6.07) is 0.489. The average Bonchev–Trinajstić information content (AvgIpc) is 3.00. The van der Waals surface area contributed by atoms with E-state index in [1.165, 1.54) is 30.8 Å². The Morgan fingerprint density at radius 1 is 1.31 bits per heavy atom. The van der Waals surface area contributed by atoms with Gasteiger partial charge in [0.15, 0.2) is 0 Å². The molecule has 0 radical (unpaired) electrons. The minimum atomic E-state index is 0.489. The Bertz CT molecular complexity index is 168. The molecule has 0 aromatic carbocycles. The number of hydrogen-bond donors (Lipinski definition) is 1. The van der Waals surface area contributed by atoms with E-state index in [2.05, 4.69) is 30.4 Å². The summed E-state index contributed by atoms with van der Waals surface area (Å²) in [5.41, 5.74) is 6.29. The lowest BCUT2D eigenvalue weighted by atomic mass is 10.1. The van der Waals surface area contributed by atoms with Crippen LogP contribution in [0.15, 0.2) is 0 Å². The highest BCUT2D eigenvalue weighted by molar-refractivity contribution is 8.07. The predicted octanol–water partition coefficient (Wildman–Crippen LogP) is 2.35. The molecule has 2 rings (SSSR count). The molecule has 2 N–H and O–H groups in total. The van der Waals surface area contributed by atoms with Crippen LogP contribution in [0.4, 0.5) is 0 Å². The van der Waals surface area contributed by atoms with Gasteiger partial charge in [-0.3, -0.25) is 0 Å². The molecule has 3 heteroatoms. The molecule has 1 heterocycles. The van der Waals surface area contributed by atoms with Crippen molar-refractivity contribution in [2.75, 3.05) is 11.5 Å². The quantitative estimate of drug-likeness (QED) is 0.786. The Hall–Kier alpha value is 0.660. The second-order valence-corrected chi connectivity index (χ2v) is 6.70. The van der Waals surface area contributed by atoms with Gasteiger partial charge in [0.2, 0.25) is 0 Å². The number of hydrogen-bond acceptors (Lipinski definition) is 3. The van der Waals surface area contributed by atoms with E-state index in [1.54, 1.807) is 0 Å². The first kappa shape index (κ1) is 10.2. The van der Waals surface area contributed by atoms with Crippen LogP contribution in [-0.4, -0.2) is 28.0 Å². The van der Waals surface area contributed by atoms with Crippen molar-refractivity contribution in [3.05, 3.63) is 0 Å². The lowest BCUT2D eigenvalue weighted by molar-refractivity contribution is 0.545. The molecule has 0 amide bonds. The van der Waals surface area contributed by atoms with Crippen LogP contribution in [0.25, 0.3) is 0 Å². The normalized spacial score (nSPS) is 37.4. The van der Waals surface area contributed by atoms with Gasteiger partial charge in [0.25, 0.3) is 0 Å². The summed E-state index contributed by atoms with van der Waals surface area (Å²) in [6.45, 7) is 2.30. The molecule has 3 atom stereocenters. The largest absolute Gasteiger partial charge is 0.326 e. The Kier molecular flexibility index (Phi) is 3.49. The molecule has 13 heavy (non-hydrogen) atoms. The van der Waals surface area contributed by atoms with Crippen LogP contribution in [0.5, 0.6) is 0 Å². The van der Waals surface area contributed by atoms with Crippen molar-refractivity contribution < 1.29 is 0 Å². The molecule has 76 valence electrons. The maximum Gasteiger partial charge on any atom is 0.0320 e. The van der Waals surface area contributed by atoms with Crippen molar-refractivity contribution in [2.24, 2.45) is 11.7 Å². The molecule has 1 saturated heterocycles. The number of thioether (sulfide) groups is 2. The van der Waals surface area contributed by atoms with Gasteiger partial charge in [-0.05, 0) is 25.2 Å². The fourth-order valence-electron chi connectivity index (χ4n) is 2.04. The fourth-order valence-corrected chi connectivity index (χ4v) is 5.32. The molecular weight excluding hydrogens is 198 g/mol. The highest BCUT2D eigenvalue weighted by atomic mass is 32.2. The van der Waals surface area contributed by atoms with E-state index in [4.69, 9.17) is 5.73 Å². The summed E-state index contributed by atoms with van der Waals surface area (Å²) < 4.78 is 0. The molecule has 2 fully saturated rings. The van der Waals surface area contributed by atoms with Crippen LogP contribution in [0.1, 0.15) is 26.2 Å². The topological polar surface area (TPSA) is 26.0 Å². The average molecular weight is 217 g/mol. The zero-order valence-corrected chi connectivity index (χ0v) is 9.87. The minimum Gasteiger partial charge on any atom is -0.326 e. The first-order valence-corrected chi connectivity index (χ1v) is 7.41. The van der Waals surface area contributed by atoms with Crippen molar-refractivity contribution in [3.63, 3.8) is 0 Å². The summed E-state index contributed by atoms with van der Waals surface area (Å²) in [7, 11) is 0.